The Kier molecular flexibility index (Phi) is 4.28. The summed E-state index contributed by atoms with van der Waals surface area (Å²) in [5.74, 6) is 1.02. The number of rotatable bonds is 5. The lowest BCUT2D eigenvalue weighted by Gasteiger charge is -2.29. The molecule has 5 heteroatoms. The van der Waals surface area contributed by atoms with Gasteiger partial charge in [0, 0.05) is 11.8 Å². The molecule has 17 heavy (non-hydrogen) atoms. The van der Waals surface area contributed by atoms with Crippen LogP contribution in [0, 0.1) is 6.92 Å². The van der Waals surface area contributed by atoms with Crippen LogP contribution in [0.5, 0.6) is 5.88 Å². The minimum atomic E-state index is -0.512. The second-order valence-corrected chi connectivity index (χ2v) is 4.63. The lowest BCUT2D eigenvalue weighted by Crippen LogP contribution is -2.42. The smallest absolute Gasteiger partial charge is 0.226 e. The van der Waals surface area contributed by atoms with Gasteiger partial charge in [-0.3, -0.25) is 0 Å². The fourth-order valence-electron chi connectivity index (χ4n) is 1.21. The Morgan fingerprint density at radius 3 is 2.65 bits per heavy atom. The third kappa shape index (κ3) is 3.85. The first-order valence-corrected chi connectivity index (χ1v) is 5.80. The van der Waals surface area contributed by atoms with Gasteiger partial charge >= 0.3 is 0 Å². The van der Waals surface area contributed by atoms with Gasteiger partial charge < -0.3 is 15.2 Å². The van der Waals surface area contributed by atoms with Gasteiger partial charge in [-0.1, -0.05) is 0 Å². The molecule has 1 rings (SSSR count). The average Bonchev–Trinajstić information content (AvgIpc) is 2.15. The first-order valence-electron chi connectivity index (χ1n) is 5.80. The number of ether oxygens (including phenoxy) is 1. The summed E-state index contributed by atoms with van der Waals surface area (Å²) in [4.78, 5) is 8.51. The highest BCUT2D eigenvalue weighted by molar-refractivity contribution is 5.33. The van der Waals surface area contributed by atoms with E-state index >= 15 is 0 Å². The Morgan fingerprint density at radius 1 is 1.47 bits per heavy atom. The first-order chi connectivity index (χ1) is 7.85. The van der Waals surface area contributed by atoms with Crippen LogP contribution in [0.1, 0.15) is 33.4 Å². The molecule has 1 atom stereocenters. The van der Waals surface area contributed by atoms with E-state index in [-0.39, 0.29) is 0 Å². The van der Waals surface area contributed by atoms with Gasteiger partial charge in [0.25, 0.3) is 0 Å². The highest BCUT2D eigenvalue weighted by Crippen LogP contribution is 2.18. The van der Waals surface area contributed by atoms with E-state index < -0.39 is 11.6 Å². The summed E-state index contributed by atoms with van der Waals surface area (Å²) in [6.07, 6.45) is -0.512. The number of nitrogens with zero attached hydrogens (tertiary/aromatic N) is 2. The zero-order chi connectivity index (χ0) is 13.1. The van der Waals surface area contributed by atoms with Gasteiger partial charge in [0.05, 0.1) is 18.2 Å². The maximum atomic E-state index is 9.63. The zero-order valence-electron chi connectivity index (χ0n) is 11.1. The van der Waals surface area contributed by atoms with Crippen LogP contribution in [0.15, 0.2) is 6.07 Å². The standard InChI is InChI=1S/C12H21N3O2/c1-6-17-10-7-8(2)13-11(14-10)15-12(4,5)9(3)16/h7,9,16H,6H2,1-5H3,(H,13,14,15). The summed E-state index contributed by atoms with van der Waals surface area (Å²) < 4.78 is 5.35. The van der Waals surface area contributed by atoms with Crippen molar-refractivity contribution in [1.82, 2.24) is 9.97 Å². The Hall–Kier alpha value is -1.36. The van der Waals surface area contributed by atoms with Gasteiger partial charge in [-0.05, 0) is 34.6 Å². The topological polar surface area (TPSA) is 67.3 Å². The van der Waals surface area contributed by atoms with Crippen LogP contribution in [0.3, 0.4) is 0 Å². The lowest BCUT2D eigenvalue weighted by atomic mass is 9.99. The minimum absolute atomic E-state index is 0.472. The van der Waals surface area contributed by atoms with E-state index in [1.54, 1.807) is 13.0 Å². The van der Waals surface area contributed by atoms with E-state index in [9.17, 15) is 5.11 Å². The summed E-state index contributed by atoms with van der Waals surface area (Å²) >= 11 is 0. The quantitative estimate of drug-likeness (QED) is 0.819. The van der Waals surface area contributed by atoms with E-state index in [1.165, 1.54) is 0 Å². The van der Waals surface area contributed by atoms with Gasteiger partial charge in [-0.15, -0.1) is 0 Å². The molecule has 1 aromatic heterocycles. The molecule has 1 aromatic rings. The van der Waals surface area contributed by atoms with Gasteiger partial charge in [-0.25, -0.2) is 4.98 Å². The highest BCUT2D eigenvalue weighted by Gasteiger charge is 2.25. The molecule has 0 bridgehead atoms. The summed E-state index contributed by atoms with van der Waals surface area (Å²) in [5, 5.41) is 12.7. The Labute approximate surface area is 102 Å². The van der Waals surface area contributed by atoms with Crippen LogP contribution in [-0.4, -0.2) is 33.3 Å². The molecule has 2 N–H and O–H groups in total. The van der Waals surface area contributed by atoms with Gasteiger partial charge in [0.2, 0.25) is 11.8 Å². The molecule has 5 nitrogen and oxygen atoms in total. The molecule has 0 aliphatic heterocycles. The van der Waals surface area contributed by atoms with Gasteiger partial charge in [0.15, 0.2) is 0 Å². The Morgan fingerprint density at radius 2 is 2.12 bits per heavy atom. The van der Waals surface area contributed by atoms with Crippen LogP contribution in [-0.2, 0) is 0 Å². The third-order valence-corrected chi connectivity index (χ3v) is 2.60. The predicted molar refractivity (Wildman–Crippen MR) is 67.3 cm³/mol. The Bertz CT molecular complexity index is 378. The number of aromatic nitrogens is 2. The Balaban J connectivity index is 2.91. The summed E-state index contributed by atoms with van der Waals surface area (Å²) in [7, 11) is 0. The number of nitrogens with one attached hydrogen (secondary N) is 1. The van der Waals surface area contributed by atoms with Crippen LogP contribution in [0.4, 0.5) is 5.95 Å². The maximum absolute atomic E-state index is 9.63. The lowest BCUT2D eigenvalue weighted by molar-refractivity contribution is 0.132. The van der Waals surface area contributed by atoms with Crippen molar-refractivity contribution in [3.63, 3.8) is 0 Å². The normalized spacial score (nSPS) is 13.3. The minimum Gasteiger partial charge on any atom is -0.478 e. The van der Waals surface area contributed by atoms with Crippen molar-refractivity contribution in [2.24, 2.45) is 0 Å². The van der Waals surface area contributed by atoms with Crippen molar-refractivity contribution in [3.05, 3.63) is 11.8 Å². The molecule has 0 saturated carbocycles. The molecular weight excluding hydrogens is 218 g/mol. The van der Waals surface area contributed by atoms with Crippen molar-refractivity contribution < 1.29 is 9.84 Å². The SMILES string of the molecule is CCOc1cc(C)nc(NC(C)(C)C(C)O)n1. The predicted octanol–water partition coefficient (Wildman–Crippen LogP) is 1.76. The number of anilines is 1. The summed E-state index contributed by atoms with van der Waals surface area (Å²) in [6, 6.07) is 1.78. The van der Waals surface area contributed by atoms with Gasteiger partial charge in [-0.2, -0.15) is 4.98 Å². The first kappa shape index (κ1) is 13.7. The van der Waals surface area contributed by atoms with Crippen LogP contribution in [0.2, 0.25) is 0 Å². The molecule has 0 radical (unpaired) electrons. The van der Waals surface area contributed by atoms with E-state index in [4.69, 9.17) is 4.74 Å². The fraction of sp³-hybridized carbons (Fsp3) is 0.667. The molecule has 96 valence electrons. The molecule has 0 aliphatic carbocycles. The van der Waals surface area contributed by atoms with Crippen molar-refractivity contribution in [1.29, 1.82) is 0 Å². The second kappa shape index (κ2) is 5.31. The maximum Gasteiger partial charge on any atom is 0.226 e. The van der Waals surface area contributed by atoms with E-state index in [1.807, 2.05) is 27.7 Å². The van der Waals surface area contributed by atoms with E-state index in [2.05, 4.69) is 15.3 Å². The monoisotopic (exact) mass is 239 g/mol. The molecule has 0 aliphatic rings. The number of aliphatic hydroxyl groups excluding tert-OH is 1. The highest BCUT2D eigenvalue weighted by atomic mass is 16.5. The second-order valence-electron chi connectivity index (χ2n) is 4.63. The molecule has 0 amide bonds. The van der Waals surface area contributed by atoms with Crippen LogP contribution in [0.25, 0.3) is 0 Å². The molecular formula is C12H21N3O2. The average molecular weight is 239 g/mol. The fourth-order valence-corrected chi connectivity index (χ4v) is 1.21. The van der Waals surface area contributed by atoms with Crippen molar-refractivity contribution >= 4 is 5.95 Å². The van der Waals surface area contributed by atoms with E-state index in [0.29, 0.717) is 18.4 Å². The molecule has 1 heterocycles. The van der Waals surface area contributed by atoms with E-state index in [0.717, 1.165) is 5.69 Å². The number of hydrogen-bond acceptors (Lipinski definition) is 5. The summed E-state index contributed by atoms with van der Waals surface area (Å²) in [5.41, 5.74) is 0.337. The van der Waals surface area contributed by atoms with Crippen molar-refractivity contribution in [3.8, 4) is 5.88 Å². The molecule has 0 fully saturated rings. The number of aliphatic hydroxyl groups is 1. The summed E-state index contributed by atoms with van der Waals surface area (Å²) in [6.45, 7) is 9.87. The van der Waals surface area contributed by atoms with Gasteiger partial charge in [0.1, 0.15) is 0 Å². The zero-order valence-corrected chi connectivity index (χ0v) is 11.1. The number of hydrogen-bond donors (Lipinski definition) is 2. The molecule has 0 aromatic carbocycles. The largest absolute Gasteiger partial charge is 0.478 e. The van der Waals surface area contributed by atoms with Crippen LogP contribution >= 0.6 is 0 Å². The van der Waals surface area contributed by atoms with Crippen molar-refractivity contribution in [2.45, 2.75) is 46.3 Å². The molecule has 1 unspecified atom stereocenters. The van der Waals surface area contributed by atoms with Crippen LogP contribution < -0.4 is 10.1 Å². The number of aryl methyl sites for hydroxylation is 1. The van der Waals surface area contributed by atoms with Crippen molar-refractivity contribution in [2.75, 3.05) is 11.9 Å². The third-order valence-electron chi connectivity index (χ3n) is 2.60. The molecule has 0 spiro atoms. The molecule has 0 saturated heterocycles.